The maximum Gasteiger partial charge on any atom is 0.271 e. The summed E-state index contributed by atoms with van der Waals surface area (Å²) in [5.74, 6) is -0.274. The molecule has 6 heteroatoms. The van der Waals surface area contributed by atoms with E-state index < -0.39 is 0 Å². The molecule has 1 saturated heterocycles. The van der Waals surface area contributed by atoms with Gasteiger partial charge in [0.15, 0.2) is 5.78 Å². The Bertz CT molecular complexity index is 624. The fraction of sp³-hybridized carbons (Fsp3) is 0.333. The molecule has 6 nitrogen and oxygen atoms in total. The molecule has 0 aromatic carbocycles. The maximum atomic E-state index is 12.4. The number of aromatic amines is 1. The van der Waals surface area contributed by atoms with Gasteiger partial charge in [-0.2, -0.15) is 0 Å². The Hall–Kier alpha value is -2.50. The summed E-state index contributed by atoms with van der Waals surface area (Å²) in [6.45, 7) is 1.11. The van der Waals surface area contributed by atoms with Gasteiger partial charge in [-0.25, -0.2) is 4.98 Å². The highest BCUT2D eigenvalue weighted by atomic mass is 16.2. The number of likely N-dealkylation sites (tertiary alicyclic amines) is 1. The van der Waals surface area contributed by atoms with Crippen LogP contribution in [0.5, 0.6) is 0 Å². The van der Waals surface area contributed by atoms with E-state index in [2.05, 4.69) is 15.0 Å². The Morgan fingerprint density at radius 3 is 2.95 bits per heavy atom. The van der Waals surface area contributed by atoms with Crippen molar-refractivity contribution in [1.82, 2.24) is 19.9 Å². The third-order valence-electron chi connectivity index (χ3n) is 3.73. The smallest absolute Gasteiger partial charge is 0.271 e. The molecule has 1 amide bonds. The second kappa shape index (κ2) is 5.87. The fourth-order valence-electron chi connectivity index (χ4n) is 2.64. The second-order valence-electron chi connectivity index (χ2n) is 5.13. The lowest BCUT2D eigenvalue weighted by atomic mass is 9.92. The quantitative estimate of drug-likeness (QED) is 0.867. The van der Waals surface area contributed by atoms with E-state index in [1.54, 1.807) is 29.3 Å². The highest BCUT2D eigenvalue weighted by molar-refractivity contribution is 5.97. The van der Waals surface area contributed by atoms with Crippen LogP contribution >= 0.6 is 0 Å². The summed E-state index contributed by atoms with van der Waals surface area (Å²) in [5.41, 5.74) is 0.930. The number of rotatable bonds is 3. The lowest BCUT2D eigenvalue weighted by molar-refractivity contribution is 0.0631. The minimum absolute atomic E-state index is 0.0118. The van der Waals surface area contributed by atoms with E-state index in [1.165, 1.54) is 12.5 Å². The number of pyridine rings is 1. The summed E-state index contributed by atoms with van der Waals surface area (Å²) in [7, 11) is 0. The number of hydrogen-bond donors (Lipinski definition) is 1. The first kappa shape index (κ1) is 13.5. The van der Waals surface area contributed by atoms with Crippen molar-refractivity contribution in [2.45, 2.75) is 12.8 Å². The predicted octanol–water partition coefficient (Wildman–Crippen LogP) is 1.54. The van der Waals surface area contributed by atoms with Crippen LogP contribution in [0.4, 0.5) is 0 Å². The molecule has 0 radical (unpaired) electrons. The van der Waals surface area contributed by atoms with Crippen LogP contribution in [0.25, 0.3) is 0 Å². The number of ketones is 1. The molecule has 0 spiro atoms. The van der Waals surface area contributed by atoms with Crippen molar-refractivity contribution in [3.63, 3.8) is 0 Å². The normalized spacial score (nSPS) is 18.5. The number of amides is 1. The molecule has 2 aromatic heterocycles. The molecule has 3 heterocycles. The van der Waals surface area contributed by atoms with Gasteiger partial charge in [0.25, 0.3) is 5.91 Å². The predicted molar refractivity (Wildman–Crippen MR) is 75.8 cm³/mol. The molecule has 0 saturated carbocycles. The third-order valence-corrected chi connectivity index (χ3v) is 3.73. The molecule has 0 bridgehead atoms. The van der Waals surface area contributed by atoms with E-state index in [9.17, 15) is 9.59 Å². The monoisotopic (exact) mass is 284 g/mol. The van der Waals surface area contributed by atoms with Crippen molar-refractivity contribution in [3.05, 3.63) is 48.3 Å². The van der Waals surface area contributed by atoms with Gasteiger partial charge < -0.3 is 9.88 Å². The first-order chi connectivity index (χ1) is 10.3. The van der Waals surface area contributed by atoms with Crippen LogP contribution in [0.2, 0.25) is 0 Å². The van der Waals surface area contributed by atoms with E-state index >= 15 is 0 Å². The van der Waals surface area contributed by atoms with Crippen molar-refractivity contribution in [1.29, 1.82) is 0 Å². The van der Waals surface area contributed by atoms with Gasteiger partial charge in [0.05, 0.1) is 12.5 Å². The topological polar surface area (TPSA) is 79.0 Å². The largest absolute Gasteiger partial charge is 0.341 e. The molecule has 0 aliphatic carbocycles. The molecule has 108 valence electrons. The highest BCUT2D eigenvalue weighted by Gasteiger charge is 2.30. The van der Waals surface area contributed by atoms with E-state index in [-0.39, 0.29) is 17.6 Å². The Labute approximate surface area is 122 Å². The zero-order valence-electron chi connectivity index (χ0n) is 11.5. The number of carbonyl (C=O) groups is 2. The molecule has 1 atom stereocenters. The number of nitrogens with zero attached hydrogens (tertiary/aromatic N) is 3. The lowest BCUT2D eigenvalue weighted by Crippen LogP contribution is -2.42. The van der Waals surface area contributed by atoms with Crippen molar-refractivity contribution >= 4 is 11.7 Å². The van der Waals surface area contributed by atoms with Crippen molar-refractivity contribution in [3.8, 4) is 0 Å². The number of hydrogen-bond acceptors (Lipinski definition) is 4. The highest BCUT2D eigenvalue weighted by Crippen LogP contribution is 2.21. The SMILES string of the molecule is O=C(c1ccccn1)[C@@H]1CCCN(C(=O)c2cnc[nH]2)C1. The van der Waals surface area contributed by atoms with Gasteiger partial charge in [-0.15, -0.1) is 0 Å². The second-order valence-corrected chi connectivity index (χ2v) is 5.13. The number of imidazole rings is 1. The summed E-state index contributed by atoms with van der Waals surface area (Å²) in [5, 5.41) is 0. The van der Waals surface area contributed by atoms with Gasteiger partial charge in [0.2, 0.25) is 0 Å². The maximum absolute atomic E-state index is 12.4. The standard InChI is InChI=1S/C15H16N4O2/c20-14(12-5-1-2-6-17-12)11-4-3-7-19(9-11)15(21)13-8-16-10-18-13/h1-2,5-6,8,10-11H,3-4,7,9H2,(H,16,18)/t11-/m1/s1. The van der Waals surface area contributed by atoms with Crippen LogP contribution in [0, 0.1) is 5.92 Å². The number of nitrogens with one attached hydrogen (secondary N) is 1. The van der Waals surface area contributed by atoms with Crippen molar-refractivity contribution in [2.75, 3.05) is 13.1 Å². The summed E-state index contributed by atoms with van der Waals surface area (Å²) in [6.07, 6.45) is 6.22. The van der Waals surface area contributed by atoms with Crippen LogP contribution in [0.3, 0.4) is 0 Å². The Morgan fingerprint density at radius 1 is 1.33 bits per heavy atom. The third kappa shape index (κ3) is 2.84. The lowest BCUT2D eigenvalue weighted by Gasteiger charge is -2.31. The molecular formula is C15H16N4O2. The molecule has 21 heavy (non-hydrogen) atoms. The Morgan fingerprint density at radius 2 is 2.24 bits per heavy atom. The Kier molecular flexibility index (Phi) is 3.77. The first-order valence-corrected chi connectivity index (χ1v) is 6.98. The van der Waals surface area contributed by atoms with E-state index in [1.807, 2.05) is 0 Å². The van der Waals surface area contributed by atoms with Gasteiger partial charge in [-0.05, 0) is 25.0 Å². The Balaban J connectivity index is 1.71. The fourth-order valence-corrected chi connectivity index (χ4v) is 2.64. The van der Waals surface area contributed by atoms with Crippen molar-refractivity contribution in [2.24, 2.45) is 5.92 Å². The number of carbonyl (C=O) groups excluding carboxylic acids is 2. The average Bonchev–Trinajstić information content (AvgIpc) is 3.09. The van der Waals surface area contributed by atoms with Crippen LogP contribution in [0.1, 0.15) is 33.8 Å². The number of Topliss-reactive ketones (excluding diaryl/α,β-unsaturated/α-hetero) is 1. The van der Waals surface area contributed by atoms with E-state index in [0.717, 1.165) is 12.8 Å². The summed E-state index contributed by atoms with van der Waals surface area (Å²) >= 11 is 0. The molecule has 1 aliphatic rings. The molecular weight excluding hydrogens is 268 g/mol. The summed E-state index contributed by atoms with van der Waals surface area (Å²) < 4.78 is 0. The number of aromatic nitrogens is 3. The van der Waals surface area contributed by atoms with E-state index in [0.29, 0.717) is 24.5 Å². The molecule has 3 rings (SSSR count). The van der Waals surface area contributed by atoms with Gasteiger partial charge in [0, 0.05) is 25.2 Å². The van der Waals surface area contributed by atoms with Gasteiger partial charge >= 0.3 is 0 Å². The van der Waals surface area contributed by atoms with Gasteiger partial charge in [-0.3, -0.25) is 14.6 Å². The van der Waals surface area contributed by atoms with Gasteiger partial charge in [-0.1, -0.05) is 6.07 Å². The minimum atomic E-state index is -0.180. The molecule has 1 aliphatic heterocycles. The average molecular weight is 284 g/mol. The molecule has 1 N–H and O–H groups in total. The zero-order valence-corrected chi connectivity index (χ0v) is 11.5. The van der Waals surface area contributed by atoms with Crippen LogP contribution in [-0.2, 0) is 0 Å². The first-order valence-electron chi connectivity index (χ1n) is 6.98. The summed E-state index contributed by atoms with van der Waals surface area (Å²) in [6, 6.07) is 5.31. The number of H-pyrrole nitrogens is 1. The van der Waals surface area contributed by atoms with Crippen LogP contribution in [0.15, 0.2) is 36.9 Å². The van der Waals surface area contributed by atoms with Gasteiger partial charge in [0.1, 0.15) is 11.4 Å². The molecule has 1 fully saturated rings. The minimum Gasteiger partial charge on any atom is -0.341 e. The summed E-state index contributed by atoms with van der Waals surface area (Å²) in [4.78, 5) is 37.2. The zero-order chi connectivity index (χ0) is 14.7. The van der Waals surface area contributed by atoms with Crippen molar-refractivity contribution < 1.29 is 9.59 Å². The van der Waals surface area contributed by atoms with E-state index in [4.69, 9.17) is 0 Å². The molecule has 2 aromatic rings. The van der Waals surface area contributed by atoms with Crippen LogP contribution < -0.4 is 0 Å². The number of piperidine rings is 1. The molecule has 0 unspecified atom stereocenters. The van der Waals surface area contributed by atoms with Crippen LogP contribution in [-0.4, -0.2) is 44.6 Å².